The molecule has 0 aliphatic carbocycles. The van der Waals surface area contributed by atoms with Crippen molar-refractivity contribution in [3.8, 4) is 11.4 Å². The maximum absolute atomic E-state index is 12.2. The number of aromatic nitrogens is 2. The smallest absolute Gasteiger partial charge is 0.318 e. The van der Waals surface area contributed by atoms with Crippen LogP contribution in [0.25, 0.3) is 11.4 Å². The van der Waals surface area contributed by atoms with Gasteiger partial charge >= 0.3 is 6.03 Å². The topological polar surface area (TPSA) is 71.3 Å². The summed E-state index contributed by atoms with van der Waals surface area (Å²) >= 11 is 0. The van der Waals surface area contributed by atoms with Crippen LogP contribution >= 0.6 is 0 Å². The Labute approximate surface area is 135 Å². The number of aryl methyl sites for hydroxylation is 1. The van der Waals surface area contributed by atoms with Crippen molar-refractivity contribution in [1.82, 2.24) is 20.4 Å². The summed E-state index contributed by atoms with van der Waals surface area (Å²) in [5.74, 6) is 1.10. The summed E-state index contributed by atoms with van der Waals surface area (Å²) in [5, 5.41) is 7.02. The van der Waals surface area contributed by atoms with Crippen LogP contribution in [0, 0.1) is 6.92 Å². The third-order valence-corrected chi connectivity index (χ3v) is 4.15. The van der Waals surface area contributed by atoms with Crippen LogP contribution < -0.4 is 5.32 Å². The number of amides is 2. The maximum atomic E-state index is 12.2. The molecular formula is C17H22N4O2. The van der Waals surface area contributed by atoms with E-state index in [4.69, 9.17) is 4.52 Å². The van der Waals surface area contributed by atoms with E-state index in [0.29, 0.717) is 18.3 Å². The lowest BCUT2D eigenvalue weighted by atomic mass is 10.1. The number of rotatable bonds is 4. The minimum atomic E-state index is -0.128. The molecule has 0 bridgehead atoms. The molecule has 6 heteroatoms. The van der Waals surface area contributed by atoms with Gasteiger partial charge in [0.05, 0.1) is 0 Å². The molecule has 2 amide bonds. The molecule has 0 radical (unpaired) electrons. The molecule has 1 unspecified atom stereocenters. The number of urea groups is 1. The summed E-state index contributed by atoms with van der Waals surface area (Å²) in [5.41, 5.74) is 2.06. The van der Waals surface area contributed by atoms with Crippen molar-refractivity contribution in [3.05, 3.63) is 35.7 Å². The molecule has 1 aliphatic rings. The summed E-state index contributed by atoms with van der Waals surface area (Å²) < 4.78 is 5.46. The van der Waals surface area contributed by atoms with Crippen LogP contribution in [-0.2, 0) is 0 Å². The molecule has 1 aliphatic heterocycles. The Kier molecular flexibility index (Phi) is 4.60. The van der Waals surface area contributed by atoms with Gasteiger partial charge in [-0.3, -0.25) is 0 Å². The highest BCUT2D eigenvalue weighted by molar-refractivity contribution is 5.75. The van der Waals surface area contributed by atoms with Crippen LogP contribution in [0.15, 0.2) is 28.8 Å². The lowest BCUT2D eigenvalue weighted by Gasteiger charge is -2.22. The van der Waals surface area contributed by atoms with Gasteiger partial charge in [-0.15, -0.1) is 0 Å². The van der Waals surface area contributed by atoms with E-state index in [-0.39, 0.29) is 12.1 Å². The van der Waals surface area contributed by atoms with Gasteiger partial charge in [-0.05, 0) is 31.7 Å². The van der Waals surface area contributed by atoms with Gasteiger partial charge < -0.3 is 14.7 Å². The highest BCUT2D eigenvalue weighted by atomic mass is 16.5. The highest BCUT2D eigenvalue weighted by Gasteiger charge is 2.34. The molecule has 23 heavy (non-hydrogen) atoms. The van der Waals surface area contributed by atoms with Gasteiger partial charge in [-0.2, -0.15) is 4.98 Å². The van der Waals surface area contributed by atoms with Gasteiger partial charge in [0.2, 0.25) is 11.7 Å². The predicted octanol–water partition coefficient (Wildman–Crippen LogP) is 3.30. The Bertz CT molecular complexity index is 683. The van der Waals surface area contributed by atoms with Gasteiger partial charge in [0.25, 0.3) is 0 Å². The molecule has 1 aromatic carbocycles. The Morgan fingerprint density at radius 1 is 1.43 bits per heavy atom. The van der Waals surface area contributed by atoms with Gasteiger partial charge in [0.1, 0.15) is 6.04 Å². The molecule has 6 nitrogen and oxygen atoms in total. The number of hydrogen-bond donors (Lipinski definition) is 1. The molecule has 1 aromatic heterocycles. The number of likely N-dealkylation sites (tertiary alicyclic amines) is 1. The van der Waals surface area contributed by atoms with Crippen molar-refractivity contribution in [1.29, 1.82) is 0 Å². The Morgan fingerprint density at radius 2 is 2.26 bits per heavy atom. The van der Waals surface area contributed by atoms with Crippen molar-refractivity contribution in [3.63, 3.8) is 0 Å². The molecule has 1 fully saturated rings. The van der Waals surface area contributed by atoms with Crippen molar-refractivity contribution in [2.75, 3.05) is 13.1 Å². The first-order valence-electron chi connectivity index (χ1n) is 8.14. The first-order valence-corrected chi connectivity index (χ1v) is 8.14. The lowest BCUT2D eigenvalue weighted by molar-refractivity contribution is 0.180. The van der Waals surface area contributed by atoms with Crippen molar-refractivity contribution in [2.45, 2.75) is 39.2 Å². The predicted molar refractivity (Wildman–Crippen MR) is 86.8 cm³/mol. The molecule has 2 aromatic rings. The molecule has 3 rings (SSSR count). The van der Waals surface area contributed by atoms with Crippen molar-refractivity contribution in [2.24, 2.45) is 0 Å². The minimum Gasteiger partial charge on any atom is -0.338 e. The van der Waals surface area contributed by atoms with E-state index in [0.717, 1.165) is 36.9 Å². The largest absolute Gasteiger partial charge is 0.338 e. The Balaban J connectivity index is 1.79. The van der Waals surface area contributed by atoms with Crippen LogP contribution in [0.3, 0.4) is 0 Å². The monoisotopic (exact) mass is 314 g/mol. The molecule has 2 heterocycles. The van der Waals surface area contributed by atoms with E-state index >= 15 is 0 Å². The molecular weight excluding hydrogens is 292 g/mol. The third-order valence-electron chi connectivity index (χ3n) is 4.15. The number of carbonyl (C=O) groups is 1. The highest BCUT2D eigenvalue weighted by Crippen LogP contribution is 2.32. The average molecular weight is 314 g/mol. The average Bonchev–Trinajstić information content (AvgIpc) is 3.21. The SMILES string of the molecule is CCCNC(=O)N1CCCC1c1nc(-c2ccccc2C)no1. The van der Waals surface area contributed by atoms with Gasteiger partial charge in [0.15, 0.2) is 0 Å². The zero-order chi connectivity index (χ0) is 16.2. The van der Waals surface area contributed by atoms with Crippen LogP contribution in [0.4, 0.5) is 4.79 Å². The first-order chi connectivity index (χ1) is 11.2. The molecule has 1 atom stereocenters. The molecule has 1 N–H and O–H groups in total. The quantitative estimate of drug-likeness (QED) is 0.940. The molecule has 1 saturated heterocycles. The normalized spacial score (nSPS) is 17.5. The number of hydrogen-bond acceptors (Lipinski definition) is 4. The van der Waals surface area contributed by atoms with E-state index in [2.05, 4.69) is 15.5 Å². The second-order valence-electron chi connectivity index (χ2n) is 5.85. The second-order valence-corrected chi connectivity index (χ2v) is 5.85. The molecule has 122 valence electrons. The Hall–Kier alpha value is -2.37. The molecule has 0 spiro atoms. The van der Waals surface area contributed by atoms with E-state index in [1.54, 1.807) is 4.90 Å². The summed E-state index contributed by atoms with van der Waals surface area (Å²) in [7, 11) is 0. The third kappa shape index (κ3) is 3.21. The summed E-state index contributed by atoms with van der Waals surface area (Å²) in [4.78, 5) is 18.6. The van der Waals surface area contributed by atoms with Gasteiger partial charge in [0, 0.05) is 18.7 Å². The summed E-state index contributed by atoms with van der Waals surface area (Å²) in [6, 6.07) is 7.76. The van der Waals surface area contributed by atoms with Gasteiger partial charge in [-0.25, -0.2) is 4.79 Å². The first kappa shape index (κ1) is 15.5. The van der Waals surface area contributed by atoms with Crippen LogP contribution in [-0.4, -0.2) is 34.2 Å². The van der Waals surface area contributed by atoms with E-state index < -0.39 is 0 Å². The standard InChI is InChI=1S/C17H22N4O2/c1-3-10-18-17(22)21-11-6-9-14(21)16-19-15(20-23-16)13-8-5-4-7-12(13)2/h4-5,7-8,14H,3,6,9-11H2,1-2H3,(H,18,22). The number of benzene rings is 1. The number of nitrogens with zero attached hydrogens (tertiary/aromatic N) is 3. The van der Waals surface area contributed by atoms with Crippen molar-refractivity contribution < 1.29 is 9.32 Å². The van der Waals surface area contributed by atoms with Gasteiger partial charge in [-0.1, -0.05) is 36.3 Å². The van der Waals surface area contributed by atoms with E-state index in [1.165, 1.54) is 0 Å². The minimum absolute atomic E-state index is 0.0509. The summed E-state index contributed by atoms with van der Waals surface area (Å²) in [6.45, 7) is 5.46. The fourth-order valence-corrected chi connectivity index (χ4v) is 2.90. The number of nitrogens with one attached hydrogen (secondary N) is 1. The van der Waals surface area contributed by atoms with Crippen LogP contribution in [0.2, 0.25) is 0 Å². The number of carbonyl (C=O) groups excluding carboxylic acids is 1. The fourth-order valence-electron chi connectivity index (χ4n) is 2.90. The van der Waals surface area contributed by atoms with E-state index in [9.17, 15) is 4.79 Å². The van der Waals surface area contributed by atoms with E-state index in [1.807, 2.05) is 38.1 Å². The van der Waals surface area contributed by atoms with Crippen LogP contribution in [0.5, 0.6) is 0 Å². The Morgan fingerprint density at radius 3 is 3.04 bits per heavy atom. The van der Waals surface area contributed by atoms with Crippen molar-refractivity contribution >= 4 is 6.03 Å². The van der Waals surface area contributed by atoms with Crippen LogP contribution in [0.1, 0.15) is 43.7 Å². The summed E-state index contributed by atoms with van der Waals surface area (Å²) in [6.07, 6.45) is 2.73. The second kappa shape index (κ2) is 6.81. The lowest BCUT2D eigenvalue weighted by Crippen LogP contribution is -2.39. The fraction of sp³-hybridized carbons (Fsp3) is 0.471. The zero-order valence-electron chi connectivity index (χ0n) is 13.6. The molecule has 0 saturated carbocycles. The maximum Gasteiger partial charge on any atom is 0.318 e. The zero-order valence-corrected chi connectivity index (χ0v) is 13.6.